The van der Waals surface area contributed by atoms with Crippen LogP contribution >= 0.6 is 0 Å². The Morgan fingerprint density at radius 3 is 2.17 bits per heavy atom. The third kappa shape index (κ3) is 7.12. The van der Waals surface area contributed by atoms with Crippen molar-refractivity contribution in [3.63, 3.8) is 0 Å². The molecule has 1 heterocycles. The number of likely N-dealkylation sites (tertiary alicyclic amines) is 1. The lowest BCUT2D eigenvalue weighted by Crippen LogP contribution is -2.45. The molecular weight excluding hydrogens is 374 g/mol. The second kappa shape index (κ2) is 10.4. The highest BCUT2D eigenvalue weighted by molar-refractivity contribution is 5.79. The van der Waals surface area contributed by atoms with E-state index in [9.17, 15) is 9.59 Å². The zero-order valence-corrected chi connectivity index (χ0v) is 20.0. The largest absolute Gasteiger partial charge is 0.355 e. The van der Waals surface area contributed by atoms with Crippen LogP contribution in [0.5, 0.6) is 0 Å². The van der Waals surface area contributed by atoms with Crippen LogP contribution < -0.4 is 10.6 Å². The number of benzene rings is 1. The Morgan fingerprint density at radius 1 is 1.10 bits per heavy atom. The van der Waals surface area contributed by atoms with Gasteiger partial charge in [-0.15, -0.1) is 0 Å². The Labute approximate surface area is 183 Å². The second-order valence-electron chi connectivity index (χ2n) is 10.2. The quantitative estimate of drug-likeness (QED) is 0.717. The molecule has 1 aliphatic rings. The average Bonchev–Trinajstić information content (AvgIpc) is 2.63. The Kier molecular flexibility index (Phi) is 8.48. The minimum absolute atomic E-state index is 0.0710. The SMILES string of the molecule is Cc1cc(C(C)(C)C)cc(C)c1CCNC(=O)CN1CCC(C(=O)NC(C)C)CC1. The standard InChI is InChI=1S/C25H41N3O2/c1-17(2)27-24(30)20-9-12-28(13-10-20)16-23(29)26-11-8-22-18(3)14-21(15-19(22)4)25(5,6)7/h14-15,17,20H,8-13,16H2,1-7H3,(H,26,29)(H,27,30). The van der Waals surface area contributed by atoms with E-state index in [-0.39, 0.29) is 29.2 Å². The molecule has 0 bridgehead atoms. The summed E-state index contributed by atoms with van der Waals surface area (Å²) in [5.74, 6) is 0.299. The van der Waals surface area contributed by atoms with E-state index in [1.54, 1.807) is 0 Å². The smallest absolute Gasteiger partial charge is 0.234 e. The summed E-state index contributed by atoms with van der Waals surface area (Å²) in [6.45, 7) is 17.7. The van der Waals surface area contributed by atoms with Crippen molar-refractivity contribution in [3.8, 4) is 0 Å². The lowest BCUT2D eigenvalue weighted by atomic mass is 9.83. The van der Waals surface area contributed by atoms with Crippen LogP contribution in [0.1, 0.15) is 69.7 Å². The van der Waals surface area contributed by atoms with E-state index in [0.717, 1.165) is 32.4 Å². The fourth-order valence-corrected chi connectivity index (χ4v) is 4.16. The van der Waals surface area contributed by atoms with E-state index < -0.39 is 0 Å². The van der Waals surface area contributed by atoms with E-state index >= 15 is 0 Å². The molecule has 0 aromatic heterocycles. The normalized spacial score (nSPS) is 16.0. The van der Waals surface area contributed by atoms with Crippen molar-refractivity contribution in [2.24, 2.45) is 5.92 Å². The van der Waals surface area contributed by atoms with Crippen LogP contribution in [0.4, 0.5) is 0 Å². The van der Waals surface area contributed by atoms with Crippen molar-refractivity contribution in [1.29, 1.82) is 0 Å². The molecule has 1 fully saturated rings. The van der Waals surface area contributed by atoms with E-state index in [1.807, 2.05) is 13.8 Å². The molecule has 0 spiro atoms. The first-order valence-electron chi connectivity index (χ1n) is 11.4. The summed E-state index contributed by atoms with van der Waals surface area (Å²) in [6, 6.07) is 4.74. The molecule has 0 aliphatic carbocycles. The number of nitrogens with zero attached hydrogens (tertiary/aromatic N) is 1. The van der Waals surface area contributed by atoms with Crippen LogP contribution in [0.3, 0.4) is 0 Å². The molecule has 5 nitrogen and oxygen atoms in total. The van der Waals surface area contributed by atoms with Gasteiger partial charge in [0.15, 0.2) is 0 Å². The number of hydrogen-bond donors (Lipinski definition) is 2. The summed E-state index contributed by atoms with van der Waals surface area (Å²) >= 11 is 0. The van der Waals surface area contributed by atoms with Gasteiger partial charge in [-0.2, -0.15) is 0 Å². The van der Waals surface area contributed by atoms with Crippen LogP contribution in [0, 0.1) is 19.8 Å². The molecule has 2 N–H and O–H groups in total. The molecule has 2 amide bonds. The molecule has 5 heteroatoms. The Bertz CT molecular complexity index is 718. The van der Waals surface area contributed by atoms with Crippen LogP contribution in [-0.4, -0.2) is 48.9 Å². The van der Waals surface area contributed by atoms with E-state index in [2.05, 4.69) is 62.3 Å². The first kappa shape index (κ1) is 24.4. The summed E-state index contributed by atoms with van der Waals surface area (Å²) < 4.78 is 0. The molecule has 0 saturated carbocycles. The van der Waals surface area contributed by atoms with E-state index in [1.165, 1.54) is 22.3 Å². The molecule has 2 rings (SSSR count). The molecule has 168 valence electrons. The van der Waals surface area contributed by atoms with Gasteiger partial charge in [-0.05, 0) is 87.7 Å². The third-order valence-electron chi connectivity index (χ3n) is 6.02. The first-order chi connectivity index (χ1) is 14.0. The maximum Gasteiger partial charge on any atom is 0.234 e. The van der Waals surface area contributed by atoms with Crippen molar-refractivity contribution in [3.05, 3.63) is 34.4 Å². The highest BCUT2D eigenvalue weighted by atomic mass is 16.2. The monoisotopic (exact) mass is 415 g/mol. The Morgan fingerprint density at radius 2 is 1.67 bits per heavy atom. The number of hydrogen-bond acceptors (Lipinski definition) is 3. The number of amides is 2. The van der Waals surface area contributed by atoms with Gasteiger partial charge in [-0.25, -0.2) is 0 Å². The third-order valence-corrected chi connectivity index (χ3v) is 6.02. The molecule has 30 heavy (non-hydrogen) atoms. The predicted molar refractivity (Wildman–Crippen MR) is 124 cm³/mol. The molecule has 0 unspecified atom stereocenters. The summed E-state index contributed by atoms with van der Waals surface area (Å²) in [4.78, 5) is 26.7. The molecule has 1 aromatic carbocycles. The maximum absolute atomic E-state index is 12.4. The molecular formula is C25H41N3O2. The van der Waals surface area contributed by atoms with Gasteiger partial charge in [-0.3, -0.25) is 14.5 Å². The lowest BCUT2D eigenvalue weighted by molar-refractivity contribution is -0.127. The molecule has 1 aliphatic heterocycles. The fourth-order valence-electron chi connectivity index (χ4n) is 4.16. The van der Waals surface area contributed by atoms with Crippen molar-refractivity contribution in [2.45, 2.75) is 79.2 Å². The van der Waals surface area contributed by atoms with Crippen LogP contribution in [-0.2, 0) is 21.4 Å². The predicted octanol–water partition coefficient (Wildman–Crippen LogP) is 3.50. The number of carbonyl (C=O) groups excluding carboxylic acids is 2. The van der Waals surface area contributed by atoms with Crippen LogP contribution in [0.25, 0.3) is 0 Å². The van der Waals surface area contributed by atoms with E-state index in [4.69, 9.17) is 0 Å². The van der Waals surface area contributed by atoms with Gasteiger partial charge in [0.25, 0.3) is 0 Å². The van der Waals surface area contributed by atoms with Gasteiger partial charge in [0.2, 0.25) is 11.8 Å². The number of aryl methyl sites for hydroxylation is 2. The number of piperidine rings is 1. The number of rotatable bonds is 7. The second-order valence-corrected chi connectivity index (χ2v) is 10.2. The summed E-state index contributed by atoms with van der Waals surface area (Å²) in [7, 11) is 0. The summed E-state index contributed by atoms with van der Waals surface area (Å²) in [5.41, 5.74) is 5.44. The van der Waals surface area contributed by atoms with Crippen molar-refractivity contribution in [1.82, 2.24) is 15.5 Å². The number of carbonyl (C=O) groups is 2. The molecule has 1 aromatic rings. The summed E-state index contributed by atoms with van der Waals surface area (Å²) in [5, 5.41) is 6.07. The minimum Gasteiger partial charge on any atom is -0.355 e. The van der Waals surface area contributed by atoms with Crippen molar-refractivity contribution >= 4 is 11.8 Å². The van der Waals surface area contributed by atoms with Gasteiger partial charge in [0.1, 0.15) is 0 Å². The Balaban J connectivity index is 1.77. The molecule has 1 saturated heterocycles. The van der Waals surface area contributed by atoms with Gasteiger partial charge in [0.05, 0.1) is 6.54 Å². The zero-order valence-electron chi connectivity index (χ0n) is 20.0. The lowest BCUT2D eigenvalue weighted by Gasteiger charge is -2.31. The molecule has 0 radical (unpaired) electrons. The average molecular weight is 416 g/mol. The summed E-state index contributed by atoms with van der Waals surface area (Å²) in [6.07, 6.45) is 2.50. The van der Waals surface area contributed by atoms with Crippen molar-refractivity contribution < 1.29 is 9.59 Å². The molecule has 0 atom stereocenters. The topological polar surface area (TPSA) is 61.4 Å². The fraction of sp³-hybridized carbons (Fsp3) is 0.680. The van der Waals surface area contributed by atoms with Gasteiger partial charge in [0, 0.05) is 18.5 Å². The highest BCUT2D eigenvalue weighted by Crippen LogP contribution is 2.27. The van der Waals surface area contributed by atoms with Crippen molar-refractivity contribution in [2.75, 3.05) is 26.2 Å². The van der Waals surface area contributed by atoms with Crippen LogP contribution in [0.15, 0.2) is 12.1 Å². The van der Waals surface area contributed by atoms with Gasteiger partial charge < -0.3 is 10.6 Å². The highest BCUT2D eigenvalue weighted by Gasteiger charge is 2.26. The number of nitrogens with one attached hydrogen (secondary N) is 2. The Hall–Kier alpha value is -1.88. The van der Waals surface area contributed by atoms with Gasteiger partial charge >= 0.3 is 0 Å². The zero-order chi connectivity index (χ0) is 22.5. The first-order valence-corrected chi connectivity index (χ1v) is 11.4. The maximum atomic E-state index is 12.4. The van der Waals surface area contributed by atoms with Crippen LogP contribution in [0.2, 0.25) is 0 Å². The van der Waals surface area contributed by atoms with E-state index in [0.29, 0.717) is 13.1 Å². The van der Waals surface area contributed by atoms with Gasteiger partial charge in [-0.1, -0.05) is 32.9 Å². The minimum atomic E-state index is 0.0710.